The number of aromatic nitrogens is 3. The van der Waals surface area contributed by atoms with Gasteiger partial charge in [0.25, 0.3) is 5.91 Å². The maximum Gasteiger partial charge on any atom is 0.269 e. The predicted octanol–water partition coefficient (Wildman–Crippen LogP) is 2.93. The van der Waals surface area contributed by atoms with Crippen LogP contribution >= 0.6 is 22.9 Å². The van der Waals surface area contributed by atoms with Crippen molar-refractivity contribution in [1.82, 2.24) is 15.2 Å². The lowest BCUT2D eigenvalue weighted by molar-refractivity contribution is 0.103. The summed E-state index contributed by atoms with van der Waals surface area (Å²) >= 11 is 7.58. The fourth-order valence-corrected chi connectivity index (χ4v) is 3.13. The van der Waals surface area contributed by atoms with Gasteiger partial charge in [-0.1, -0.05) is 11.6 Å². The number of nitrogens with one attached hydrogen (secondary N) is 2. The number of H-pyrrole nitrogens is 1. The van der Waals surface area contributed by atoms with Crippen molar-refractivity contribution in [3.8, 4) is 5.75 Å². The molecule has 20 heavy (non-hydrogen) atoms. The molecule has 0 aliphatic rings. The molecule has 0 aliphatic carbocycles. The van der Waals surface area contributed by atoms with Crippen molar-refractivity contribution in [2.75, 3.05) is 12.4 Å². The number of carbonyl (C=O) groups is 1. The van der Waals surface area contributed by atoms with Crippen LogP contribution in [0.5, 0.6) is 5.75 Å². The monoisotopic (exact) mass is 308 g/mol. The number of methoxy groups -OCH3 is 1. The van der Waals surface area contributed by atoms with Crippen LogP contribution in [-0.4, -0.2) is 28.2 Å². The number of carbonyl (C=O) groups excluding carboxylic acids is 1. The Bertz CT molecular complexity index is 769. The molecule has 0 aliphatic heterocycles. The summed E-state index contributed by atoms with van der Waals surface area (Å²) in [7, 11) is 1.58. The Morgan fingerprint density at radius 3 is 3.05 bits per heavy atom. The highest BCUT2D eigenvalue weighted by Crippen LogP contribution is 2.37. The molecule has 1 aromatic carbocycles. The zero-order valence-corrected chi connectivity index (χ0v) is 11.9. The number of rotatable bonds is 3. The van der Waals surface area contributed by atoms with E-state index in [0.717, 1.165) is 10.1 Å². The normalized spacial score (nSPS) is 10.7. The Kier molecular flexibility index (Phi) is 3.29. The Labute approximate surface area is 122 Å². The summed E-state index contributed by atoms with van der Waals surface area (Å²) in [6.45, 7) is 0. The van der Waals surface area contributed by atoms with Crippen LogP contribution in [0.1, 0.15) is 9.67 Å². The van der Waals surface area contributed by atoms with Crippen LogP contribution in [0.2, 0.25) is 5.02 Å². The van der Waals surface area contributed by atoms with Crippen LogP contribution in [-0.2, 0) is 0 Å². The van der Waals surface area contributed by atoms with E-state index in [1.54, 1.807) is 13.2 Å². The summed E-state index contributed by atoms with van der Waals surface area (Å²) in [5, 5.41) is 10.0. The Balaban J connectivity index is 1.99. The minimum Gasteiger partial charge on any atom is -0.497 e. The average molecular weight is 309 g/mol. The molecule has 2 aromatic heterocycles. The van der Waals surface area contributed by atoms with Gasteiger partial charge in [0.2, 0.25) is 5.95 Å². The summed E-state index contributed by atoms with van der Waals surface area (Å²) in [4.78, 5) is 16.4. The molecule has 0 radical (unpaired) electrons. The number of hydrogen-bond acceptors (Lipinski definition) is 5. The first-order chi connectivity index (χ1) is 9.69. The third-order valence-corrected chi connectivity index (χ3v) is 4.36. The number of amides is 1. The van der Waals surface area contributed by atoms with Crippen LogP contribution < -0.4 is 10.1 Å². The number of fused-ring (bicyclic) bond motifs is 1. The molecule has 6 nitrogen and oxygen atoms in total. The second kappa shape index (κ2) is 5.10. The standard InChI is InChI=1S/C12H9ClN4O2S/c1-19-6-2-3-8-7(4-6)9(13)10(20-8)11(18)16-12-14-5-15-17-12/h2-5H,1H3,(H2,14,15,16,17,18). The number of halogens is 1. The number of anilines is 1. The molecule has 0 atom stereocenters. The molecule has 2 heterocycles. The molecule has 0 saturated carbocycles. The van der Waals surface area contributed by atoms with Crippen LogP contribution in [0.3, 0.4) is 0 Å². The largest absolute Gasteiger partial charge is 0.497 e. The molecule has 0 spiro atoms. The van der Waals surface area contributed by atoms with E-state index in [1.807, 2.05) is 12.1 Å². The van der Waals surface area contributed by atoms with Gasteiger partial charge in [-0.3, -0.25) is 10.1 Å². The van der Waals surface area contributed by atoms with E-state index in [9.17, 15) is 4.79 Å². The van der Waals surface area contributed by atoms with Gasteiger partial charge in [-0.25, -0.2) is 5.10 Å². The van der Waals surface area contributed by atoms with Crippen molar-refractivity contribution in [2.45, 2.75) is 0 Å². The average Bonchev–Trinajstić information content (AvgIpc) is 3.07. The lowest BCUT2D eigenvalue weighted by Gasteiger charge is -1.99. The summed E-state index contributed by atoms with van der Waals surface area (Å²) in [6, 6.07) is 5.50. The van der Waals surface area contributed by atoms with Gasteiger partial charge in [-0.15, -0.1) is 11.3 Å². The number of aromatic amines is 1. The molecule has 0 saturated heterocycles. The maximum atomic E-state index is 12.2. The van der Waals surface area contributed by atoms with Gasteiger partial charge in [0.15, 0.2) is 0 Å². The van der Waals surface area contributed by atoms with Crippen molar-refractivity contribution < 1.29 is 9.53 Å². The van der Waals surface area contributed by atoms with Gasteiger partial charge < -0.3 is 4.74 Å². The van der Waals surface area contributed by atoms with E-state index in [0.29, 0.717) is 15.6 Å². The third-order valence-electron chi connectivity index (χ3n) is 2.69. The first-order valence-corrected chi connectivity index (χ1v) is 6.81. The van der Waals surface area contributed by atoms with Gasteiger partial charge >= 0.3 is 0 Å². The lowest BCUT2D eigenvalue weighted by atomic mass is 10.2. The fourth-order valence-electron chi connectivity index (χ4n) is 1.75. The Hall–Kier alpha value is -2.12. The molecule has 102 valence electrons. The molecule has 0 unspecified atom stereocenters. The van der Waals surface area contributed by atoms with E-state index in [-0.39, 0.29) is 11.9 Å². The number of thiophene rings is 1. The summed E-state index contributed by atoms with van der Waals surface area (Å²) in [5.74, 6) is 0.646. The highest BCUT2D eigenvalue weighted by molar-refractivity contribution is 7.21. The molecule has 0 bridgehead atoms. The molecule has 3 rings (SSSR count). The summed E-state index contributed by atoms with van der Waals surface area (Å²) in [6.07, 6.45) is 1.31. The van der Waals surface area contributed by atoms with Crippen molar-refractivity contribution in [2.24, 2.45) is 0 Å². The van der Waals surface area contributed by atoms with Crippen molar-refractivity contribution in [3.05, 3.63) is 34.4 Å². The number of nitrogens with zero attached hydrogens (tertiary/aromatic N) is 2. The number of hydrogen-bond donors (Lipinski definition) is 2. The zero-order valence-electron chi connectivity index (χ0n) is 10.3. The van der Waals surface area contributed by atoms with Gasteiger partial charge in [0, 0.05) is 10.1 Å². The second-order valence-electron chi connectivity index (χ2n) is 3.90. The SMILES string of the molecule is COc1ccc2sc(C(=O)Nc3ncn[nH]3)c(Cl)c2c1. The molecular weight excluding hydrogens is 300 g/mol. The minimum atomic E-state index is -0.327. The smallest absolute Gasteiger partial charge is 0.269 e. The number of ether oxygens (including phenoxy) is 1. The molecular formula is C12H9ClN4O2S. The topological polar surface area (TPSA) is 79.9 Å². The Morgan fingerprint density at radius 1 is 1.50 bits per heavy atom. The van der Waals surface area contributed by atoms with Crippen LogP contribution in [0, 0.1) is 0 Å². The first-order valence-electron chi connectivity index (χ1n) is 5.62. The van der Waals surface area contributed by atoms with Crippen LogP contribution in [0.15, 0.2) is 24.5 Å². The van der Waals surface area contributed by atoms with Gasteiger partial charge in [0.05, 0.1) is 12.1 Å². The Morgan fingerprint density at radius 2 is 2.35 bits per heavy atom. The van der Waals surface area contributed by atoms with Gasteiger partial charge in [0.1, 0.15) is 17.0 Å². The van der Waals surface area contributed by atoms with Gasteiger partial charge in [-0.05, 0) is 18.2 Å². The fraction of sp³-hybridized carbons (Fsp3) is 0.0833. The minimum absolute atomic E-state index is 0.279. The van der Waals surface area contributed by atoms with E-state index in [1.165, 1.54) is 17.7 Å². The second-order valence-corrected chi connectivity index (χ2v) is 5.33. The van der Waals surface area contributed by atoms with Crippen molar-refractivity contribution in [3.63, 3.8) is 0 Å². The quantitative estimate of drug-likeness (QED) is 0.779. The predicted molar refractivity (Wildman–Crippen MR) is 77.7 cm³/mol. The highest BCUT2D eigenvalue weighted by atomic mass is 35.5. The number of benzene rings is 1. The molecule has 3 aromatic rings. The first kappa shape index (κ1) is 12.9. The van der Waals surface area contributed by atoms with Crippen LogP contribution in [0.4, 0.5) is 5.95 Å². The van der Waals surface area contributed by atoms with E-state index in [2.05, 4.69) is 20.5 Å². The lowest BCUT2D eigenvalue weighted by Crippen LogP contribution is -2.11. The highest BCUT2D eigenvalue weighted by Gasteiger charge is 2.18. The van der Waals surface area contributed by atoms with Crippen molar-refractivity contribution in [1.29, 1.82) is 0 Å². The maximum absolute atomic E-state index is 12.2. The zero-order chi connectivity index (χ0) is 14.1. The summed E-state index contributed by atoms with van der Waals surface area (Å²) in [5.41, 5.74) is 0. The summed E-state index contributed by atoms with van der Waals surface area (Å²) < 4.78 is 6.07. The van der Waals surface area contributed by atoms with E-state index < -0.39 is 0 Å². The van der Waals surface area contributed by atoms with Gasteiger partial charge in [-0.2, -0.15) is 10.1 Å². The third kappa shape index (κ3) is 2.21. The van der Waals surface area contributed by atoms with Crippen molar-refractivity contribution >= 4 is 44.9 Å². The van der Waals surface area contributed by atoms with E-state index >= 15 is 0 Å². The molecule has 0 fully saturated rings. The van der Waals surface area contributed by atoms with E-state index in [4.69, 9.17) is 16.3 Å². The molecule has 8 heteroatoms. The van der Waals surface area contributed by atoms with Crippen LogP contribution in [0.25, 0.3) is 10.1 Å². The molecule has 1 amide bonds. The molecule has 2 N–H and O–H groups in total.